The van der Waals surface area contributed by atoms with Crippen molar-refractivity contribution >= 4 is 41.0 Å². The topological polar surface area (TPSA) is 61.4 Å². The smallest absolute Gasteiger partial charge is 0.260 e. The summed E-state index contributed by atoms with van der Waals surface area (Å²) in [4.78, 5) is 12.6. The van der Waals surface area contributed by atoms with Gasteiger partial charge < -0.3 is 15.7 Å². The number of thioether (sulfide) groups is 1. The molecular weight excluding hydrogens is 344 g/mol. The van der Waals surface area contributed by atoms with Crippen molar-refractivity contribution in [2.75, 3.05) is 5.32 Å². The van der Waals surface area contributed by atoms with E-state index < -0.39 is 0 Å². The summed E-state index contributed by atoms with van der Waals surface area (Å²) in [6.07, 6.45) is 2.63. The Bertz CT molecular complexity index is 790. The largest absolute Gasteiger partial charge is 0.507 e. The van der Waals surface area contributed by atoms with Crippen LogP contribution in [-0.2, 0) is 11.2 Å². The first kappa shape index (κ1) is 16.7. The Morgan fingerprint density at radius 3 is 2.75 bits per heavy atom. The molecular formula is C18H17ClN2O2S. The predicted octanol–water partition coefficient (Wildman–Crippen LogP) is 4.21. The fourth-order valence-electron chi connectivity index (χ4n) is 2.34. The zero-order chi connectivity index (χ0) is 17.1. The molecule has 1 aliphatic heterocycles. The van der Waals surface area contributed by atoms with Gasteiger partial charge in [-0.1, -0.05) is 42.4 Å². The van der Waals surface area contributed by atoms with E-state index >= 15 is 0 Å². The number of anilines is 1. The number of hydrogen-bond acceptors (Lipinski definition) is 4. The van der Waals surface area contributed by atoms with Crippen LogP contribution < -0.4 is 10.6 Å². The number of aromatic hydroxyl groups is 1. The van der Waals surface area contributed by atoms with Crippen LogP contribution in [0.5, 0.6) is 5.75 Å². The van der Waals surface area contributed by atoms with Gasteiger partial charge in [0.2, 0.25) is 0 Å². The molecule has 0 spiro atoms. The van der Waals surface area contributed by atoms with Gasteiger partial charge in [0.25, 0.3) is 5.91 Å². The third kappa shape index (κ3) is 3.86. The van der Waals surface area contributed by atoms with Crippen molar-refractivity contribution < 1.29 is 9.90 Å². The summed E-state index contributed by atoms with van der Waals surface area (Å²) in [5.74, 6) is -0.0890. The lowest BCUT2D eigenvalue weighted by molar-refractivity contribution is -0.116. The van der Waals surface area contributed by atoms with Gasteiger partial charge in [0.15, 0.2) is 5.50 Å². The Kier molecular flexibility index (Phi) is 5.02. The number of carbonyl (C=O) groups excluding carboxylic acids is 1. The molecule has 124 valence electrons. The van der Waals surface area contributed by atoms with Crippen molar-refractivity contribution in [3.05, 3.63) is 63.5 Å². The van der Waals surface area contributed by atoms with E-state index in [4.69, 9.17) is 11.6 Å². The fraction of sp³-hybridized carbons (Fsp3) is 0.167. The molecule has 3 rings (SSSR count). The summed E-state index contributed by atoms with van der Waals surface area (Å²) in [7, 11) is 0. The lowest BCUT2D eigenvalue weighted by Crippen LogP contribution is -2.30. The van der Waals surface area contributed by atoms with Crippen LogP contribution in [-0.4, -0.2) is 16.5 Å². The van der Waals surface area contributed by atoms with Gasteiger partial charge in [0.1, 0.15) is 5.75 Å². The third-order valence-electron chi connectivity index (χ3n) is 3.67. The second-order valence-electron chi connectivity index (χ2n) is 5.38. The maximum absolute atomic E-state index is 12.1. The average molecular weight is 361 g/mol. The van der Waals surface area contributed by atoms with Gasteiger partial charge in [-0.3, -0.25) is 4.79 Å². The normalized spacial score (nSPS) is 18.7. The highest BCUT2D eigenvalue weighted by Crippen LogP contribution is 2.32. The molecule has 1 amide bonds. The van der Waals surface area contributed by atoms with Gasteiger partial charge in [0.05, 0.1) is 4.91 Å². The maximum Gasteiger partial charge on any atom is 0.260 e. The number of phenolic OH excluding ortho intramolecular Hbond substituents is 1. The highest BCUT2D eigenvalue weighted by molar-refractivity contribution is 8.05. The molecule has 0 radical (unpaired) electrons. The van der Waals surface area contributed by atoms with Crippen LogP contribution in [0.3, 0.4) is 0 Å². The zero-order valence-electron chi connectivity index (χ0n) is 13.0. The number of aryl methyl sites for hydroxylation is 1. The van der Waals surface area contributed by atoms with Crippen molar-refractivity contribution in [1.29, 1.82) is 0 Å². The van der Waals surface area contributed by atoms with Crippen LogP contribution in [0, 0.1) is 0 Å². The first-order chi connectivity index (χ1) is 11.5. The van der Waals surface area contributed by atoms with Gasteiger partial charge in [-0.25, -0.2) is 0 Å². The molecule has 3 N–H and O–H groups in total. The summed E-state index contributed by atoms with van der Waals surface area (Å²) in [6, 6.07) is 12.9. The minimum absolute atomic E-state index is 0.0897. The molecule has 4 nitrogen and oxygen atoms in total. The van der Waals surface area contributed by atoms with E-state index in [1.54, 1.807) is 18.2 Å². The number of phenols is 1. The van der Waals surface area contributed by atoms with Crippen molar-refractivity contribution in [3.63, 3.8) is 0 Å². The quantitative estimate of drug-likeness (QED) is 0.715. The Morgan fingerprint density at radius 1 is 1.29 bits per heavy atom. The number of hydrogen-bond donors (Lipinski definition) is 3. The second-order valence-corrected chi connectivity index (χ2v) is 6.96. The van der Waals surface area contributed by atoms with E-state index in [1.807, 2.05) is 12.1 Å². The fourth-order valence-corrected chi connectivity index (χ4v) is 3.49. The standard InChI is InChI=1S/C18H17ClN2O2S/c1-2-11-3-6-14(7-4-11)20-18-21-17(23)16(24-18)10-12-9-13(19)5-8-15(12)22/h3-10,18,20,22H,2H2,1H3,(H,21,23). The van der Waals surface area contributed by atoms with Crippen LogP contribution in [0.4, 0.5) is 5.69 Å². The molecule has 1 fully saturated rings. The van der Waals surface area contributed by atoms with E-state index in [1.165, 1.54) is 23.4 Å². The van der Waals surface area contributed by atoms with Crippen LogP contribution >= 0.6 is 23.4 Å². The minimum atomic E-state index is -0.252. The molecule has 6 heteroatoms. The number of nitrogens with one attached hydrogen (secondary N) is 2. The van der Waals surface area contributed by atoms with E-state index in [0.29, 0.717) is 15.5 Å². The van der Waals surface area contributed by atoms with E-state index in [9.17, 15) is 9.90 Å². The van der Waals surface area contributed by atoms with Crippen molar-refractivity contribution in [2.45, 2.75) is 18.8 Å². The lowest BCUT2D eigenvalue weighted by atomic mass is 10.1. The molecule has 2 aromatic carbocycles. The van der Waals surface area contributed by atoms with Gasteiger partial charge in [-0.15, -0.1) is 0 Å². The molecule has 24 heavy (non-hydrogen) atoms. The second kappa shape index (κ2) is 7.20. The Hall–Kier alpha value is -2.11. The maximum atomic E-state index is 12.1. The molecule has 2 aromatic rings. The number of rotatable bonds is 4. The first-order valence-electron chi connectivity index (χ1n) is 7.58. The highest BCUT2D eigenvalue weighted by Gasteiger charge is 2.27. The molecule has 1 unspecified atom stereocenters. The third-order valence-corrected chi connectivity index (χ3v) is 4.93. The van der Waals surface area contributed by atoms with Gasteiger partial charge in [-0.05, 0) is 48.4 Å². The molecule has 0 saturated carbocycles. The summed E-state index contributed by atoms with van der Waals surface area (Å²) >= 11 is 7.31. The SMILES string of the molecule is CCc1ccc(NC2NC(=O)C(=Cc3cc(Cl)ccc3O)S2)cc1. The Labute approximate surface area is 149 Å². The monoisotopic (exact) mass is 360 g/mol. The highest BCUT2D eigenvalue weighted by atomic mass is 35.5. The zero-order valence-corrected chi connectivity index (χ0v) is 14.6. The molecule has 0 aliphatic carbocycles. The van der Waals surface area contributed by atoms with Gasteiger partial charge in [0, 0.05) is 16.3 Å². The van der Waals surface area contributed by atoms with Crippen molar-refractivity contribution in [2.24, 2.45) is 0 Å². The Balaban J connectivity index is 1.73. The van der Waals surface area contributed by atoms with Gasteiger partial charge >= 0.3 is 0 Å². The van der Waals surface area contributed by atoms with Crippen molar-refractivity contribution in [1.82, 2.24) is 5.32 Å². The first-order valence-corrected chi connectivity index (χ1v) is 8.84. The number of benzene rings is 2. The van der Waals surface area contributed by atoms with E-state index in [2.05, 4.69) is 29.7 Å². The van der Waals surface area contributed by atoms with Crippen LogP contribution in [0.15, 0.2) is 47.4 Å². The van der Waals surface area contributed by atoms with E-state index in [-0.39, 0.29) is 17.2 Å². The minimum Gasteiger partial charge on any atom is -0.507 e. The number of carbonyl (C=O) groups is 1. The molecule has 0 aromatic heterocycles. The van der Waals surface area contributed by atoms with Crippen LogP contribution in [0.25, 0.3) is 6.08 Å². The summed E-state index contributed by atoms with van der Waals surface area (Å²) in [5, 5.41) is 16.5. The van der Waals surface area contributed by atoms with Crippen molar-refractivity contribution in [3.8, 4) is 5.75 Å². The molecule has 1 aliphatic rings. The number of amides is 1. The van der Waals surface area contributed by atoms with Crippen LogP contribution in [0.2, 0.25) is 5.02 Å². The molecule has 0 bridgehead atoms. The molecule has 1 saturated heterocycles. The van der Waals surface area contributed by atoms with E-state index in [0.717, 1.165) is 12.1 Å². The predicted molar refractivity (Wildman–Crippen MR) is 100 cm³/mol. The van der Waals surface area contributed by atoms with Gasteiger partial charge in [-0.2, -0.15) is 0 Å². The molecule has 1 atom stereocenters. The summed E-state index contributed by atoms with van der Waals surface area (Å²) in [6.45, 7) is 2.11. The molecule has 1 heterocycles. The lowest BCUT2D eigenvalue weighted by Gasteiger charge is -2.12. The summed E-state index contributed by atoms with van der Waals surface area (Å²) < 4.78 is 0. The Morgan fingerprint density at radius 2 is 2.04 bits per heavy atom. The number of halogens is 1. The summed E-state index contributed by atoms with van der Waals surface area (Å²) in [5.41, 5.74) is 2.48. The average Bonchev–Trinajstić information content (AvgIpc) is 2.91. The van der Waals surface area contributed by atoms with Crippen LogP contribution in [0.1, 0.15) is 18.1 Å².